The zero-order valence-corrected chi connectivity index (χ0v) is 9.85. The van der Waals surface area contributed by atoms with Gasteiger partial charge in [0.25, 0.3) is 0 Å². The van der Waals surface area contributed by atoms with Crippen LogP contribution < -0.4 is 5.73 Å². The Balaban J connectivity index is 0.00000112. The molecule has 1 aromatic heterocycles. The molecule has 0 bridgehead atoms. The van der Waals surface area contributed by atoms with E-state index in [1.807, 2.05) is 18.2 Å². The van der Waals surface area contributed by atoms with Gasteiger partial charge in [-0.15, -0.1) is 23.7 Å². The van der Waals surface area contributed by atoms with Crippen LogP contribution in [0.5, 0.6) is 0 Å². The van der Waals surface area contributed by atoms with Crippen molar-refractivity contribution in [2.75, 3.05) is 6.54 Å². The molecule has 80 valence electrons. The molecule has 2 nitrogen and oxygen atoms in total. The van der Waals surface area contributed by atoms with Crippen molar-refractivity contribution in [3.63, 3.8) is 0 Å². The van der Waals surface area contributed by atoms with Crippen molar-refractivity contribution >= 4 is 23.7 Å². The Morgan fingerprint density at radius 1 is 1.20 bits per heavy atom. The Labute approximate surface area is 99.6 Å². The molecule has 2 aromatic rings. The van der Waals surface area contributed by atoms with Crippen LogP contribution in [-0.2, 0) is 6.42 Å². The molecular formula is C11H13ClN2S. The van der Waals surface area contributed by atoms with Crippen molar-refractivity contribution in [1.29, 1.82) is 0 Å². The van der Waals surface area contributed by atoms with E-state index in [1.165, 1.54) is 5.56 Å². The molecule has 0 aliphatic rings. The summed E-state index contributed by atoms with van der Waals surface area (Å²) < 4.78 is 0. The van der Waals surface area contributed by atoms with Crippen molar-refractivity contribution in [2.45, 2.75) is 6.42 Å². The maximum atomic E-state index is 5.47. The molecule has 0 amide bonds. The molecule has 15 heavy (non-hydrogen) atoms. The maximum absolute atomic E-state index is 5.47. The van der Waals surface area contributed by atoms with Gasteiger partial charge in [-0.2, -0.15) is 0 Å². The zero-order chi connectivity index (χ0) is 9.80. The predicted molar refractivity (Wildman–Crippen MR) is 67.6 cm³/mol. The first kappa shape index (κ1) is 12.2. The van der Waals surface area contributed by atoms with Gasteiger partial charge in [-0.25, -0.2) is 4.98 Å². The van der Waals surface area contributed by atoms with E-state index in [2.05, 4.69) is 22.5 Å². The van der Waals surface area contributed by atoms with Gasteiger partial charge >= 0.3 is 0 Å². The van der Waals surface area contributed by atoms with Gasteiger partial charge in [0.2, 0.25) is 0 Å². The monoisotopic (exact) mass is 240 g/mol. The van der Waals surface area contributed by atoms with E-state index in [0.717, 1.165) is 17.1 Å². The summed E-state index contributed by atoms with van der Waals surface area (Å²) in [5.74, 6) is 0. The fraction of sp³-hybridized carbons (Fsp3) is 0.182. The van der Waals surface area contributed by atoms with Crippen LogP contribution >= 0.6 is 23.7 Å². The number of thiazole rings is 1. The van der Waals surface area contributed by atoms with Crippen LogP contribution in [0.3, 0.4) is 0 Å². The van der Waals surface area contributed by atoms with Gasteiger partial charge in [-0.05, 0) is 6.54 Å². The van der Waals surface area contributed by atoms with E-state index in [-0.39, 0.29) is 12.4 Å². The Morgan fingerprint density at radius 2 is 1.93 bits per heavy atom. The van der Waals surface area contributed by atoms with Crippen LogP contribution in [0, 0.1) is 0 Å². The molecule has 2 rings (SSSR count). The Morgan fingerprint density at radius 3 is 2.60 bits per heavy atom. The molecule has 1 aromatic carbocycles. The lowest BCUT2D eigenvalue weighted by Gasteiger charge is -1.93. The fourth-order valence-electron chi connectivity index (χ4n) is 1.28. The summed E-state index contributed by atoms with van der Waals surface area (Å²) in [5.41, 5.74) is 7.75. The van der Waals surface area contributed by atoms with Crippen LogP contribution in [-0.4, -0.2) is 11.5 Å². The van der Waals surface area contributed by atoms with Crippen molar-refractivity contribution in [3.05, 3.63) is 41.4 Å². The second-order valence-electron chi connectivity index (χ2n) is 3.05. The van der Waals surface area contributed by atoms with Crippen LogP contribution in [0.1, 0.15) is 5.69 Å². The molecule has 0 radical (unpaired) electrons. The molecule has 0 aliphatic heterocycles. The normalized spacial score (nSPS) is 9.67. The maximum Gasteiger partial charge on any atom is 0.123 e. The van der Waals surface area contributed by atoms with Crippen LogP contribution in [0.25, 0.3) is 10.6 Å². The average Bonchev–Trinajstić information content (AvgIpc) is 2.68. The molecule has 1 heterocycles. The lowest BCUT2D eigenvalue weighted by atomic mass is 10.2. The highest BCUT2D eigenvalue weighted by molar-refractivity contribution is 7.13. The first-order chi connectivity index (χ1) is 6.90. The zero-order valence-electron chi connectivity index (χ0n) is 8.22. The molecule has 0 fully saturated rings. The molecule has 0 atom stereocenters. The van der Waals surface area contributed by atoms with E-state index in [1.54, 1.807) is 11.3 Å². The summed E-state index contributed by atoms with van der Waals surface area (Å²) in [4.78, 5) is 4.51. The minimum Gasteiger partial charge on any atom is -0.330 e. The summed E-state index contributed by atoms with van der Waals surface area (Å²) in [7, 11) is 0. The highest BCUT2D eigenvalue weighted by atomic mass is 35.5. The van der Waals surface area contributed by atoms with Crippen LogP contribution in [0.4, 0.5) is 0 Å². The molecule has 0 spiro atoms. The first-order valence-corrected chi connectivity index (χ1v) is 5.48. The highest BCUT2D eigenvalue weighted by Crippen LogP contribution is 2.23. The van der Waals surface area contributed by atoms with Gasteiger partial charge in [-0.3, -0.25) is 0 Å². The third-order valence-corrected chi connectivity index (χ3v) is 2.91. The number of nitrogens with zero attached hydrogens (tertiary/aromatic N) is 1. The number of nitrogens with two attached hydrogens (primary N) is 1. The summed E-state index contributed by atoms with van der Waals surface area (Å²) in [5, 5.41) is 3.16. The minimum absolute atomic E-state index is 0. The summed E-state index contributed by atoms with van der Waals surface area (Å²) >= 11 is 1.68. The molecule has 0 saturated heterocycles. The van der Waals surface area contributed by atoms with Crippen molar-refractivity contribution in [3.8, 4) is 10.6 Å². The molecule has 2 N–H and O–H groups in total. The largest absolute Gasteiger partial charge is 0.330 e. The summed E-state index contributed by atoms with van der Waals surface area (Å²) in [6.07, 6.45) is 0.864. The SMILES string of the molecule is Cl.NCCc1csc(-c2ccccc2)n1. The van der Waals surface area contributed by atoms with Gasteiger partial charge < -0.3 is 5.73 Å². The Kier molecular flexibility index (Phi) is 4.75. The quantitative estimate of drug-likeness (QED) is 0.896. The fourth-order valence-corrected chi connectivity index (χ4v) is 2.14. The molecule has 0 aliphatic carbocycles. The number of rotatable bonds is 3. The highest BCUT2D eigenvalue weighted by Gasteiger charge is 2.02. The Hall–Kier alpha value is -0.900. The second kappa shape index (κ2) is 5.85. The minimum atomic E-state index is 0. The number of halogens is 1. The van der Waals surface area contributed by atoms with Crippen LogP contribution in [0.2, 0.25) is 0 Å². The van der Waals surface area contributed by atoms with Gasteiger partial charge in [0, 0.05) is 17.4 Å². The van der Waals surface area contributed by atoms with Gasteiger partial charge in [-0.1, -0.05) is 30.3 Å². The predicted octanol–water partition coefficient (Wildman–Crippen LogP) is 2.73. The van der Waals surface area contributed by atoms with Crippen molar-refractivity contribution < 1.29 is 0 Å². The lowest BCUT2D eigenvalue weighted by molar-refractivity contribution is 0.936. The number of aromatic nitrogens is 1. The molecule has 4 heteroatoms. The van der Waals surface area contributed by atoms with E-state index in [0.29, 0.717) is 6.54 Å². The molecule has 0 saturated carbocycles. The average molecular weight is 241 g/mol. The topological polar surface area (TPSA) is 38.9 Å². The van der Waals surface area contributed by atoms with E-state index in [9.17, 15) is 0 Å². The standard InChI is InChI=1S/C11H12N2S.ClH/c12-7-6-10-8-14-11(13-10)9-4-2-1-3-5-9;/h1-5,8H,6-7,12H2;1H. The number of hydrogen-bond acceptors (Lipinski definition) is 3. The molecule has 0 unspecified atom stereocenters. The van der Waals surface area contributed by atoms with Gasteiger partial charge in [0.1, 0.15) is 5.01 Å². The van der Waals surface area contributed by atoms with Crippen molar-refractivity contribution in [2.24, 2.45) is 5.73 Å². The lowest BCUT2D eigenvalue weighted by Crippen LogP contribution is -2.02. The number of benzene rings is 1. The number of hydrogen-bond donors (Lipinski definition) is 1. The molecular weight excluding hydrogens is 228 g/mol. The summed E-state index contributed by atoms with van der Waals surface area (Å²) in [6, 6.07) is 10.2. The van der Waals surface area contributed by atoms with Gasteiger partial charge in [0.05, 0.1) is 5.69 Å². The van der Waals surface area contributed by atoms with E-state index >= 15 is 0 Å². The van der Waals surface area contributed by atoms with Crippen LogP contribution in [0.15, 0.2) is 35.7 Å². The van der Waals surface area contributed by atoms with E-state index in [4.69, 9.17) is 5.73 Å². The smallest absolute Gasteiger partial charge is 0.123 e. The Bertz CT molecular complexity index is 400. The van der Waals surface area contributed by atoms with Gasteiger partial charge in [0.15, 0.2) is 0 Å². The third-order valence-electron chi connectivity index (χ3n) is 1.97. The summed E-state index contributed by atoms with van der Waals surface area (Å²) in [6.45, 7) is 0.665. The second-order valence-corrected chi connectivity index (χ2v) is 3.91. The first-order valence-electron chi connectivity index (χ1n) is 4.60. The third kappa shape index (κ3) is 3.02. The van der Waals surface area contributed by atoms with Crippen molar-refractivity contribution in [1.82, 2.24) is 4.98 Å². The van der Waals surface area contributed by atoms with E-state index < -0.39 is 0 Å².